The van der Waals surface area contributed by atoms with Crippen LogP contribution >= 0.6 is 23.2 Å². The van der Waals surface area contributed by atoms with Gasteiger partial charge in [-0.15, -0.1) is 0 Å². The van der Waals surface area contributed by atoms with E-state index in [0.717, 1.165) is 6.07 Å². The summed E-state index contributed by atoms with van der Waals surface area (Å²) in [5.74, 6) is -1.43. The molecule has 1 aromatic heterocycles. The number of nitrogens with zero attached hydrogens (tertiary/aromatic N) is 1. The van der Waals surface area contributed by atoms with E-state index < -0.39 is 17.7 Å². The second-order valence-electron chi connectivity index (χ2n) is 4.09. The monoisotopic (exact) mass is 302 g/mol. The molecule has 2 aromatic rings. The van der Waals surface area contributed by atoms with Crippen molar-refractivity contribution in [3.05, 3.63) is 62.9 Å². The molecule has 19 heavy (non-hydrogen) atoms. The summed E-state index contributed by atoms with van der Waals surface area (Å²) in [6.07, 6.45) is 1.33. The Morgan fingerprint density at radius 3 is 2.58 bits per heavy atom. The molecule has 0 bridgehead atoms. The first-order chi connectivity index (χ1) is 8.91. The number of aromatic nitrogens is 1. The molecular weight excluding hydrogens is 293 g/mol. The number of pyridine rings is 1. The van der Waals surface area contributed by atoms with Crippen LogP contribution in [0, 0.1) is 18.6 Å². The van der Waals surface area contributed by atoms with Gasteiger partial charge in [-0.1, -0.05) is 29.3 Å². The zero-order chi connectivity index (χ0) is 14.2. The quantitative estimate of drug-likeness (QED) is 0.910. The number of benzene rings is 1. The van der Waals surface area contributed by atoms with Gasteiger partial charge in [0.2, 0.25) is 0 Å². The zero-order valence-corrected chi connectivity index (χ0v) is 11.4. The number of aryl methyl sites for hydroxylation is 1. The van der Waals surface area contributed by atoms with Crippen LogP contribution in [-0.4, -0.2) is 4.98 Å². The van der Waals surface area contributed by atoms with Crippen LogP contribution < -0.4 is 5.73 Å². The standard InChI is InChI=1S/C13H10Cl2F2N2/c1-6-2-3-9(16)10(11(6)17)12(18)13-8(15)4-7(14)5-19-13/h2-5,12H,18H2,1H3. The van der Waals surface area contributed by atoms with Gasteiger partial charge in [0.1, 0.15) is 11.6 Å². The predicted octanol–water partition coefficient (Wildman–Crippen LogP) is 4.02. The molecule has 0 saturated carbocycles. The third-order valence-electron chi connectivity index (χ3n) is 2.76. The van der Waals surface area contributed by atoms with E-state index in [4.69, 9.17) is 28.9 Å². The summed E-state index contributed by atoms with van der Waals surface area (Å²) in [6.45, 7) is 1.53. The van der Waals surface area contributed by atoms with Crippen LogP contribution in [0.3, 0.4) is 0 Å². The van der Waals surface area contributed by atoms with Crippen molar-refractivity contribution in [2.45, 2.75) is 13.0 Å². The maximum atomic E-state index is 14.0. The van der Waals surface area contributed by atoms with Gasteiger partial charge in [0.25, 0.3) is 0 Å². The van der Waals surface area contributed by atoms with Gasteiger partial charge in [-0.25, -0.2) is 8.78 Å². The van der Waals surface area contributed by atoms with Crippen molar-refractivity contribution < 1.29 is 8.78 Å². The third-order valence-corrected chi connectivity index (χ3v) is 3.27. The third kappa shape index (κ3) is 2.71. The van der Waals surface area contributed by atoms with Crippen LogP contribution in [-0.2, 0) is 0 Å². The van der Waals surface area contributed by atoms with Gasteiger partial charge in [0, 0.05) is 11.8 Å². The van der Waals surface area contributed by atoms with Crippen LogP contribution in [0.2, 0.25) is 10.0 Å². The van der Waals surface area contributed by atoms with Crippen molar-refractivity contribution in [1.29, 1.82) is 0 Å². The van der Waals surface area contributed by atoms with Crippen LogP contribution in [0.25, 0.3) is 0 Å². The lowest BCUT2D eigenvalue weighted by molar-refractivity contribution is 0.536. The Balaban J connectivity index is 2.56. The molecule has 100 valence electrons. The van der Waals surface area contributed by atoms with E-state index in [1.165, 1.54) is 25.3 Å². The van der Waals surface area contributed by atoms with Crippen LogP contribution in [0.1, 0.15) is 22.9 Å². The average Bonchev–Trinajstić information content (AvgIpc) is 2.34. The molecule has 1 atom stereocenters. The minimum Gasteiger partial charge on any atom is -0.319 e. The Morgan fingerprint density at radius 2 is 1.95 bits per heavy atom. The number of rotatable bonds is 2. The molecule has 2 N–H and O–H groups in total. The second-order valence-corrected chi connectivity index (χ2v) is 4.93. The van der Waals surface area contributed by atoms with Gasteiger partial charge in [-0.2, -0.15) is 0 Å². The van der Waals surface area contributed by atoms with E-state index in [2.05, 4.69) is 4.98 Å². The van der Waals surface area contributed by atoms with E-state index in [1.807, 2.05) is 0 Å². The fourth-order valence-corrected chi connectivity index (χ4v) is 2.25. The Kier molecular flexibility index (Phi) is 4.04. The summed E-state index contributed by atoms with van der Waals surface area (Å²) in [4.78, 5) is 3.94. The van der Waals surface area contributed by atoms with Crippen molar-refractivity contribution >= 4 is 23.2 Å². The summed E-state index contributed by atoms with van der Waals surface area (Å²) in [5, 5.41) is 0.492. The highest BCUT2D eigenvalue weighted by Crippen LogP contribution is 2.30. The highest BCUT2D eigenvalue weighted by molar-refractivity contribution is 6.34. The number of nitrogens with two attached hydrogens (primary N) is 1. The summed E-state index contributed by atoms with van der Waals surface area (Å²) >= 11 is 11.7. The molecule has 0 radical (unpaired) electrons. The Hall–Kier alpha value is -1.23. The normalized spacial score (nSPS) is 12.5. The molecule has 0 spiro atoms. The van der Waals surface area contributed by atoms with E-state index in [0.29, 0.717) is 10.6 Å². The minimum atomic E-state index is -1.09. The van der Waals surface area contributed by atoms with Crippen molar-refractivity contribution in [2.24, 2.45) is 5.73 Å². The fourth-order valence-electron chi connectivity index (χ4n) is 1.75. The van der Waals surface area contributed by atoms with Crippen molar-refractivity contribution in [3.63, 3.8) is 0 Å². The molecule has 2 nitrogen and oxygen atoms in total. The van der Waals surface area contributed by atoms with Crippen molar-refractivity contribution in [2.75, 3.05) is 0 Å². The highest BCUT2D eigenvalue weighted by Gasteiger charge is 2.23. The van der Waals surface area contributed by atoms with Crippen LogP contribution in [0.4, 0.5) is 8.78 Å². The van der Waals surface area contributed by atoms with Crippen LogP contribution in [0.15, 0.2) is 24.4 Å². The maximum absolute atomic E-state index is 14.0. The molecule has 6 heteroatoms. The van der Waals surface area contributed by atoms with Gasteiger partial charge in [-0.05, 0) is 24.6 Å². The van der Waals surface area contributed by atoms with Gasteiger partial charge >= 0.3 is 0 Å². The van der Waals surface area contributed by atoms with Crippen molar-refractivity contribution in [3.8, 4) is 0 Å². The predicted molar refractivity (Wildman–Crippen MR) is 71.4 cm³/mol. The lowest BCUT2D eigenvalue weighted by Crippen LogP contribution is -2.18. The Morgan fingerprint density at radius 1 is 1.26 bits per heavy atom. The number of hydrogen-bond donors (Lipinski definition) is 1. The summed E-state index contributed by atoms with van der Waals surface area (Å²) in [5.41, 5.74) is 6.09. The van der Waals surface area contributed by atoms with E-state index >= 15 is 0 Å². The molecule has 1 aromatic carbocycles. The SMILES string of the molecule is Cc1ccc(F)c(C(N)c2ncc(Cl)cc2Cl)c1F. The first-order valence-corrected chi connectivity index (χ1v) is 6.18. The summed E-state index contributed by atoms with van der Waals surface area (Å²) < 4.78 is 27.8. The van der Waals surface area contributed by atoms with Gasteiger partial charge in [-0.3, -0.25) is 4.98 Å². The van der Waals surface area contributed by atoms with Gasteiger partial charge in [0.15, 0.2) is 0 Å². The molecule has 0 aliphatic heterocycles. The number of hydrogen-bond acceptors (Lipinski definition) is 2. The second kappa shape index (κ2) is 5.41. The molecule has 0 saturated heterocycles. The van der Waals surface area contributed by atoms with E-state index in [1.54, 1.807) is 0 Å². The summed E-state index contributed by atoms with van der Waals surface area (Å²) in [7, 11) is 0. The van der Waals surface area contributed by atoms with E-state index in [-0.39, 0.29) is 16.3 Å². The summed E-state index contributed by atoms with van der Waals surface area (Å²) in [6, 6.07) is 2.84. The van der Waals surface area contributed by atoms with Gasteiger partial charge < -0.3 is 5.73 Å². The molecule has 2 rings (SSSR count). The van der Waals surface area contributed by atoms with Gasteiger partial charge in [0.05, 0.1) is 21.8 Å². The molecule has 0 aliphatic rings. The zero-order valence-electron chi connectivity index (χ0n) is 9.92. The largest absolute Gasteiger partial charge is 0.319 e. The molecule has 1 unspecified atom stereocenters. The molecule has 0 amide bonds. The van der Waals surface area contributed by atoms with E-state index in [9.17, 15) is 8.78 Å². The molecular formula is C13H10Cl2F2N2. The fraction of sp³-hybridized carbons (Fsp3) is 0.154. The first-order valence-electron chi connectivity index (χ1n) is 5.43. The average molecular weight is 303 g/mol. The molecule has 0 fully saturated rings. The first kappa shape index (κ1) is 14.2. The Labute approximate surface area is 119 Å². The smallest absolute Gasteiger partial charge is 0.134 e. The molecule has 0 aliphatic carbocycles. The minimum absolute atomic E-state index is 0.167. The van der Waals surface area contributed by atoms with Crippen molar-refractivity contribution in [1.82, 2.24) is 4.98 Å². The number of halogens is 4. The molecule has 1 heterocycles. The maximum Gasteiger partial charge on any atom is 0.134 e. The topological polar surface area (TPSA) is 38.9 Å². The highest BCUT2D eigenvalue weighted by atomic mass is 35.5. The lowest BCUT2D eigenvalue weighted by Gasteiger charge is -2.16. The van der Waals surface area contributed by atoms with Crippen LogP contribution in [0.5, 0.6) is 0 Å². The Bertz CT molecular complexity index is 632. The lowest BCUT2D eigenvalue weighted by atomic mass is 10.00.